The highest BCUT2D eigenvalue weighted by Crippen LogP contribution is 2.34. The maximum atomic E-state index is 12.5. The molecule has 1 saturated heterocycles. The molecule has 4 nitrogen and oxygen atoms in total. The maximum Gasteiger partial charge on any atom is 0.266 e. The summed E-state index contributed by atoms with van der Waals surface area (Å²) in [5.41, 5.74) is 2.21. The molecule has 1 fully saturated rings. The number of carbonyl (C=O) groups excluding carboxylic acids is 1. The number of ether oxygens (including phenoxy) is 2. The second kappa shape index (κ2) is 7.03. The summed E-state index contributed by atoms with van der Waals surface area (Å²) in [4.78, 5) is 14.8. The molecule has 6 heteroatoms. The average molecular weight is 349 g/mol. The standard InChI is InChI=1S/C17H19NO3S2/c1-11-8-13-9-12(4-5-14(13)21-11)10-15-16(19)18(17(22)23-15)6-3-7-20-2/h4-5,9-11H,3,6-8H2,1-2H3/b15-10-/t11-/m1/s1. The number of hydrogen-bond donors (Lipinski definition) is 0. The van der Waals surface area contributed by atoms with Crippen molar-refractivity contribution < 1.29 is 14.3 Å². The highest BCUT2D eigenvalue weighted by molar-refractivity contribution is 8.26. The maximum absolute atomic E-state index is 12.5. The van der Waals surface area contributed by atoms with E-state index in [1.807, 2.05) is 18.2 Å². The molecule has 122 valence electrons. The van der Waals surface area contributed by atoms with Crippen LogP contribution in [0.1, 0.15) is 24.5 Å². The van der Waals surface area contributed by atoms with Crippen LogP contribution in [0.25, 0.3) is 6.08 Å². The lowest BCUT2D eigenvalue weighted by Crippen LogP contribution is -2.29. The third-order valence-corrected chi connectivity index (χ3v) is 5.20. The van der Waals surface area contributed by atoms with Crippen LogP contribution in [0.4, 0.5) is 0 Å². The third kappa shape index (κ3) is 3.59. The number of benzene rings is 1. The van der Waals surface area contributed by atoms with Crippen molar-refractivity contribution in [3.8, 4) is 5.75 Å². The molecule has 0 spiro atoms. The molecule has 0 aliphatic carbocycles. The van der Waals surface area contributed by atoms with Gasteiger partial charge in [-0.05, 0) is 42.7 Å². The van der Waals surface area contributed by atoms with Crippen molar-refractivity contribution in [1.29, 1.82) is 0 Å². The Hall–Kier alpha value is -1.37. The van der Waals surface area contributed by atoms with E-state index in [1.165, 1.54) is 17.3 Å². The first kappa shape index (κ1) is 16.5. The molecule has 0 unspecified atom stereocenters. The molecule has 2 aliphatic rings. The van der Waals surface area contributed by atoms with Crippen LogP contribution in [0.15, 0.2) is 23.1 Å². The van der Waals surface area contributed by atoms with E-state index in [-0.39, 0.29) is 12.0 Å². The van der Waals surface area contributed by atoms with Gasteiger partial charge >= 0.3 is 0 Å². The lowest BCUT2D eigenvalue weighted by atomic mass is 10.1. The predicted octanol–water partition coefficient (Wildman–Crippen LogP) is 3.25. The van der Waals surface area contributed by atoms with Crippen molar-refractivity contribution in [2.45, 2.75) is 25.9 Å². The smallest absolute Gasteiger partial charge is 0.266 e. The van der Waals surface area contributed by atoms with Crippen molar-refractivity contribution in [3.05, 3.63) is 34.2 Å². The van der Waals surface area contributed by atoms with E-state index in [2.05, 4.69) is 13.0 Å². The minimum absolute atomic E-state index is 0.0128. The molecule has 0 radical (unpaired) electrons. The number of nitrogens with zero attached hydrogens (tertiary/aromatic N) is 1. The SMILES string of the molecule is COCCCN1C(=O)/C(=C/c2ccc3c(c2)C[C@@H](C)O3)SC1=S. The number of carbonyl (C=O) groups is 1. The molecule has 1 aromatic rings. The molecule has 0 saturated carbocycles. The van der Waals surface area contributed by atoms with E-state index in [9.17, 15) is 4.79 Å². The zero-order valence-corrected chi connectivity index (χ0v) is 14.8. The number of hydrogen-bond acceptors (Lipinski definition) is 5. The normalized spacial score (nSPS) is 21.9. The van der Waals surface area contributed by atoms with Gasteiger partial charge in [-0.1, -0.05) is 30.0 Å². The van der Waals surface area contributed by atoms with E-state index < -0.39 is 0 Å². The van der Waals surface area contributed by atoms with Gasteiger partial charge in [0.15, 0.2) is 0 Å². The first-order chi connectivity index (χ1) is 11.1. The monoisotopic (exact) mass is 349 g/mol. The van der Waals surface area contributed by atoms with Gasteiger partial charge < -0.3 is 9.47 Å². The van der Waals surface area contributed by atoms with E-state index in [1.54, 1.807) is 12.0 Å². The van der Waals surface area contributed by atoms with Gasteiger partial charge in [-0.15, -0.1) is 0 Å². The second-order valence-corrected chi connectivity index (χ2v) is 7.36. The van der Waals surface area contributed by atoms with Crippen LogP contribution >= 0.6 is 24.0 Å². The Morgan fingerprint density at radius 3 is 3.13 bits per heavy atom. The van der Waals surface area contributed by atoms with Gasteiger partial charge in [0, 0.05) is 26.7 Å². The fourth-order valence-corrected chi connectivity index (χ4v) is 4.05. The number of thiocarbonyl (C=S) groups is 1. The minimum atomic E-state index is -0.0128. The Morgan fingerprint density at radius 1 is 1.52 bits per heavy atom. The lowest BCUT2D eigenvalue weighted by Gasteiger charge is -2.13. The van der Waals surface area contributed by atoms with Gasteiger partial charge in [-0.3, -0.25) is 9.69 Å². The van der Waals surface area contributed by atoms with Crippen molar-refractivity contribution in [2.24, 2.45) is 0 Å². The van der Waals surface area contributed by atoms with E-state index in [0.29, 0.717) is 22.4 Å². The Bertz CT molecular complexity index is 672. The van der Waals surface area contributed by atoms with Crippen LogP contribution in [0.5, 0.6) is 5.75 Å². The van der Waals surface area contributed by atoms with Gasteiger partial charge in [0.25, 0.3) is 5.91 Å². The molecule has 1 amide bonds. The summed E-state index contributed by atoms with van der Waals surface area (Å²) in [5.74, 6) is 0.933. The summed E-state index contributed by atoms with van der Waals surface area (Å²) in [6.07, 6.45) is 3.83. The molecular formula is C17H19NO3S2. The van der Waals surface area contributed by atoms with Gasteiger partial charge in [0.2, 0.25) is 0 Å². The second-order valence-electron chi connectivity index (χ2n) is 5.68. The number of rotatable bonds is 5. The molecular weight excluding hydrogens is 330 g/mol. The van der Waals surface area contributed by atoms with Crippen LogP contribution in [0.3, 0.4) is 0 Å². The molecule has 1 aromatic carbocycles. The molecule has 3 rings (SSSR count). The third-order valence-electron chi connectivity index (χ3n) is 3.82. The first-order valence-electron chi connectivity index (χ1n) is 7.62. The van der Waals surface area contributed by atoms with Crippen LogP contribution in [-0.4, -0.2) is 41.5 Å². The summed E-state index contributed by atoms with van der Waals surface area (Å²) in [5, 5.41) is 0. The molecule has 23 heavy (non-hydrogen) atoms. The molecule has 0 N–H and O–H groups in total. The summed E-state index contributed by atoms with van der Waals surface area (Å²) in [7, 11) is 1.66. The van der Waals surface area contributed by atoms with Crippen LogP contribution in [-0.2, 0) is 16.0 Å². The number of amides is 1. The highest BCUT2D eigenvalue weighted by Gasteiger charge is 2.31. The molecule has 2 heterocycles. The van der Waals surface area contributed by atoms with Crippen LogP contribution in [0.2, 0.25) is 0 Å². The summed E-state index contributed by atoms with van der Waals surface area (Å²) < 4.78 is 11.4. The highest BCUT2D eigenvalue weighted by atomic mass is 32.2. The minimum Gasteiger partial charge on any atom is -0.490 e. The van der Waals surface area contributed by atoms with E-state index in [0.717, 1.165) is 24.2 Å². The predicted molar refractivity (Wildman–Crippen MR) is 96.6 cm³/mol. The zero-order valence-electron chi connectivity index (χ0n) is 13.2. The number of methoxy groups -OCH3 is 1. The van der Waals surface area contributed by atoms with E-state index >= 15 is 0 Å². The topological polar surface area (TPSA) is 38.8 Å². The Labute approximate surface area is 145 Å². The van der Waals surface area contributed by atoms with Crippen molar-refractivity contribution in [1.82, 2.24) is 4.90 Å². The largest absolute Gasteiger partial charge is 0.490 e. The molecule has 0 bridgehead atoms. The molecule has 2 aliphatic heterocycles. The zero-order chi connectivity index (χ0) is 16.4. The van der Waals surface area contributed by atoms with Crippen molar-refractivity contribution >= 4 is 40.3 Å². The summed E-state index contributed by atoms with van der Waals surface area (Å²) in [6.45, 7) is 3.29. The Balaban J connectivity index is 1.74. The number of fused-ring (bicyclic) bond motifs is 1. The first-order valence-corrected chi connectivity index (χ1v) is 8.85. The average Bonchev–Trinajstić information content (AvgIpc) is 3.00. The summed E-state index contributed by atoms with van der Waals surface area (Å²) in [6, 6.07) is 6.05. The van der Waals surface area contributed by atoms with E-state index in [4.69, 9.17) is 21.7 Å². The van der Waals surface area contributed by atoms with Crippen molar-refractivity contribution in [3.63, 3.8) is 0 Å². The van der Waals surface area contributed by atoms with Gasteiger partial charge in [0.1, 0.15) is 16.2 Å². The fraction of sp³-hybridized carbons (Fsp3) is 0.412. The Morgan fingerprint density at radius 2 is 2.35 bits per heavy atom. The van der Waals surface area contributed by atoms with Crippen LogP contribution < -0.4 is 4.74 Å². The van der Waals surface area contributed by atoms with Crippen molar-refractivity contribution in [2.75, 3.05) is 20.3 Å². The lowest BCUT2D eigenvalue weighted by molar-refractivity contribution is -0.122. The summed E-state index contributed by atoms with van der Waals surface area (Å²) >= 11 is 6.69. The van der Waals surface area contributed by atoms with Crippen LogP contribution in [0, 0.1) is 0 Å². The quantitative estimate of drug-likeness (QED) is 0.463. The Kier molecular flexibility index (Phi) is 5.04. The fourth-order valence-electron chi connectivity index (χ4n) is 2.74. The van der Waals surface area contributed by atoms with Gasteiger partial charge in [-0.2, -0.15) is 0 Å². The van der Waals surface area contributed by atoms with Gasteiger partial charge in [-0.25, -0.2) is 0 Å². The molecule has 1 atom stereocenters. The number of thioether (sulfide) groups is 1. The van der Waals surface area contributed by atoms with Gasteiger partial charge in [0.05, 0.1) is 4.91 Å². The molecule has 0 aromatic heterocycles.